The Morgan fingerprint density at radius 2 is 1.97 bits per heavy atom. The molecule has 3 aromatic rings. The van der Waals surface area contributed by atoms with Crippen LogP contribution in [0.4, 0.5) is 5.69 Å². The van der Waals surface area contributed by atoms with Gasteiger partial charge in [0.1, 0.15) is 23.6 Å². The Morgan fingerprint density at radius 3 is 2.68 bits per heavy atom. The summed E-state index contributed by atoms with van der Waals surface area (Å²) in [4.78, 5) is 39.3. The lowest BCUT2D eigenvalue weighted by molar-refractivity contribution is -0.120. The number of ether oxygens (including phenoxy) is 2. The number of rotatable bonds is 9. The van der Waals surface area contributed by atoms with Crippen molar-refractivity contribution in [2.45, 2.75) is 25.9 Å². The standard InChI is InChI=1S/C27H30ClN5O5/c1-4-37-27(36)23-19(24(28)33(31-23)15-17-8-6-5-7-9-17)12-13-30-20-16-38-22-14-18(25(34)29-2)10-11-21(22)32(3)26(20)35/h5-11,14,20,30H,4,12-13,15-16H2,1-3H3,(H,29,34)/t20-/m0/s1. The Morgan fingerprint density at radius 1 is 1.21 bits per heavy atom. The smallest absolute Gasteiger partial charge is 0.359 e. The summed E-state index contributed by atoms with van der Waals surface area (Å²) >= 11 is 6.67. The average molecular weight is 540 g/mol. The number of fused-ring (bicyclic) bond motifs is 1. The van der Waals surface area contributed by atoms with Crippen LogP contribution in [0.25, 0.3) is 0 Å². The van der Waals surface area contributed by atoms with Crippen LogP contribution in [0.1, 0.15) is 38.9 Å². The van der Waals surface area contributed by atoms with E-state index in [4.69, 9.17) is 21.1 Å². The van der Waals surface area contributed by atoms with E-state index in [9.17, 15) is 14.4 Å². The maximum absolute atomic E-state index is 13.1. The molecule has 11 heteroatoms. The van der Waals surface area contributed by atoms with Crippen molar-refractivity contribution in [2.24, 2.45) is 0 Å². The molecule has 0 unspecified atom stereocenters. The van der Waals surface area contributed by atoms with Gasteiger partial charge in [0.2, 0.25) is 5.91 Å². The van der Waals surface area contributed by atoms with Gasteiger partial charge in [-0.15, -0.1) is 0 Å². The molecular weight excluding hydrogens is 510 g/mol. The Kier molecular flexibility index (Phi) is 8.65. The van der Waals surface area contributed by atoms with Crippen molar-refractivity contribution in [3.05, 3.63) is 76.1 Å². The Bertz CT molecular complexity index is 1330. The normalized spacial score (nSPS) is 14.9. The third-order valence-electron chi connectivity index (χ3n) is 6.24. The first-order valence-electron chi connectivity index (χ1n) is 12.3. The monoisotopic (exact) mass is 539 g/mol. The molecule has 0 saturated carbocycles. The Labute approximate surface area is 225 Å². The minimum atomic E-state index is -0.653. The summed E-state index contributed by atoms with van der Waals surface area (Å²) in [6, 6.07) is 14.0. The molecule has 1 atom stereocenters. The lowest BCUT2D eigenvalue weighted by Crippen LogP contribution is -2.47. The van der Waals surface area contributed by atoms with Crippen molar-refractivity contribution in [1.82, 2.24) is 20.4 Å². The third kappa shape index (κ3) is 5.81. The molecule has 0 spiro atoms. The van der Waals surface area contributed by atoms with E-state index in [1.165, 1.54) is 4.90 Å². The first kappa shape index (κ1) is 27.2. The third-order valence-corrected chi connectivity index (χ3v) is 6.66. The van der Waals surface area contributed by atoms with E-state index in [0.717, 1.165) is 5.56 Å². The number of nitrogens with one attached hydrogen (secondary N) is 2. The van der Waals surface area contributed by atoms with Gasteiger partial charge in [-0.1, -0.05) is 41.9 Å². The molecule has 200 valence electrons. The minimum Gasteiger partial charge on any atom is -0.489 e. The Balaban J connectivity index is 1.48. The van der Waals surface area contributed by atoms with Crippen LogP contribution in [0, 0.1) is 0 Å². The number of aromatic nitrogens is 2. The molecule has 2 amide bonds. The van der Waals surface area contributed by atoms with Gasteiger partial charge in [0.15, 0.2) is 5.69 Å². The molecule has 10 nitrogen and oxygen atoms in total. The van der Waals surface area contributed by atoms with Crippen molar-refractivity contribution in [1.29, 1.82) is 0 Å². The van der Waals surface area contributed by atoms with Crippen molar-refractivity contribution < 1.29 is 23.9 Å². The molecule has 1 aliphatic heterocycles. The first-order chi connectivity index (χ1) is 18.3. The first-order valence-corrected chi connectivity index (χ1v) is 12.7. The second-order valence-electron chi connectivity index (χ2n) is 8.71. The molecule has 0 bridgehead atoms. The molecule has 38 heavy (non-hydrogen) atoms. The van der Waals surface area contributed by atoms with Gasteiger partial charge in [-0.3, -0.25) is 9.59 Å². The summed E-state index contributed by atoms with van der Waals surface area (Å²) in [5, 5.41) is 10.6. The number of carbonyl (C=O) groups is 3. The van der Waals surface area contributed by atoms with E-state index in [1.807, 2.05) is 30.3 Å². The van der Waals surface area contributed by atoms with Gasteiger partial charge < -0.3 is 25.0 Å². The number of hydrogen-bond donors (Lipinski definition) is 2. The predicted molar refractivity (Wildman–Crippen MR) is 143 cm³/mol. The number of hydrogen-bond acceptors (Lipinski definition) is 7. The molecule has 4 rings (SSSR count). The summed E-state index contributed by atoms with van der Waals surface area (Å²) in [5.41, 5.74) is 2.70. The van der Waals surface area contributed by atoms with E-state index >= 15 is 0 Å². The van der Waals surface area contributed by atoms with Crippen LogP contribution in [-0.2, 0) is 22.5 Å². The predicted octanol–water partition coefficient (Wildman–Crippen LogP) is 2.68. The van der Waals surface area contributed by atoms with Crippen LogP contribution >= 0.6 is 11.6 Å². The van der Waals surface area contributed by atoms with E-state index in [-0.39, 0.29) is 30.7 Å². The largest absolute Gasteiger partial charge is 0.489 e. The number of halogens is 1. The summed E-state index contributed by atoms with van der Waals surface area (Å²) < 4.78 is 12.7. The van der Waals surface area contributed by atoms with Crippen LogP contribution in [0.15, 0.2) is 48.5 Å². The molecule has 1 aromatic heterocycles. The van der Waals surface area contributed by atoms with Crippen molar-refractivity contribution in [3.63, 3.8) is 0 Å². The molecular formula is C27H30ClN5O5. The highest BCUT2D eigenvalue weighted by atomic mass is 35.5. The van der Waals surface area contributed by atoms with E-state index in [2.05, 4.69) is 15.7 Å². The second kappa shape index (κ2) is 12.1. The molecule has 1 aliphatic rings. The maximum atomic E-state index is 13.1. The molecule has 2 aromatic carbocycles. The molecule has 2 heterocycles. The zero-order valence-electron chi connectivity index (χ0n) is 21.5. The van der Waals surface area contributed by atoms with Gasteiger partial charge in [-0.25, -0.2) is 9.48 Å². The summed E-state index contributed by atoms with van der Waals surface area (Å²) in [6.07, 6.45) is 0.336. The zero-order valence-corrected chi connectivity index (χ0v) is 22.2. The molecule has 0 saturated heterocycles. The van der Waals surface area contributed by atoms with Crippen LogP contribution in [0.5, 0.6) is 5.75 Å². The van der Waals surface area contributed by atoms with Crippen LogP contribution in [-0.4, -0.2) is 67.5 Å². The fraction of sp³-hybridized carbons (Fsp3) is 0.333. The van der Waals surface area contributed by atoms with E-state index in [1.54, 1.807) is 43.9 Å². The second-order valence-corrected chi connectivity index (χ2v) is 9.07. The van der Waals surface area contributed by atoms with Crippen molar-refractivity contribution in [3.8, 4) is 5.75 Å². The SMILES string of the molecule is CCOC(=O)c1nn(Cc2ccccc2)c(Cl)c1CCN[C@H]1COc2cc(C(=O)NC)ccc2N(C)C1=O. The van der Waals surface area contributed by atoms with Gasteiger partial charge in [0.25, 0.3) is 5.91 Å². The number of carbonyl (C=O) groups excluding carboxylic acids is 3. The quantitative estimate of drug-likeness (QED) is 0.402. The highest BCUT2D eigenvalue weighted by Crippen LogP contribution is 2.31. The minimum absolute atomic E-state index is 0.0686. The Hall–Kier alpha value is -3.89. The van der Waals surface area contributed by atoms with Gasteiger partial charge >= 0.3 is 5.97 Å². The molecule has 0 aliphatic carbocycles. The molecule has 2 N–H and O–H groups in total. The molecule has 0 fully saturated rings. The lowest BCUT2D eigenvalue weighted by atomic mass is 10.1. The summed E-state index contributed by atoms with van der Waals surface area (Å²) in [5.74, 6) is -0.535. The number of amides is 2. The average Bonchev–Trinajstić information content (AvgIpc) is 3.18. The summed E-state index contributed by atoms with van der Waals surface area (Å²) in [6.45, 7) is 2.74. The van der Waals surface area contributed by atoms with Crippen LogP contribution < -0.4 is 20.3 Å². The van der Waals surface area contributed by atoms with E-state index in [0.29, 0.717) is 47.2 Å². The molecule has 0 radical (unpaired) electrons. The van der Waals surface area contributed by atoms with Crippen molar-refractivity contribution >= 4 is 35.1 Å². The fourth-order valence-corrected chi connectivity index (χ4v) is 4.51. The number of likely N-dealkylation sites (N-methyl/N-ethyl adjacent to an activating group) is 1. The number of nitrogens with zero attached hydrogens (tertiary/aromatic N) is 3. The fourth-order valence-electron chi connectivity index (χ4n) is 4.23. The van der Waals surface area contributed by atoms with Crippen molar-refractivity contribution in [2.75, 3.05) is 38.8 Å². The number of esters is 1. The number of benzene rings is 2. The van der Waals surface area contributed by atoms with Crippen LogP contribution in [0.2, 0.25) is 5.15 Å². The summed E-state index contributed by atoms with van der Waals surface area (Å²) in [7, 11) is 3.21. The van der Waals surface area contributed by atoms with Crippen LogP contribution in [0.3, 0.4) is 0 Å². The van der Waals surface area contributed by atoms with E-state index < -0.39 is 12.0 Å². The lowest BCUT2D eigenvalue weighted by Gasteiger charge is -2.20. The van der Waals surface area contributed by atoms with Gasteiger partial charge in [-0.2, -0.15) is 5.10 Å². The highest BCUT2D eigenvalue weighted by Gasteiger charge is 2.30. The number of anilines is 1. The zero-order chi connectivity index (χ0) is 27.2. The highest BCUT2D eigenvalue weighted by molar-refractivity contribution is 6.30. The maximum Gasteiger partial charge on any atom is 0.359 e. The van der Waals surface area contributed by atoms with Gasteiger partial charge in [-0.05, 0) is 37.1 Å². The van der Waals surface area contributed by atoms with Gasteiger partial charge in [0.05, 0.1) is 18.8 Å². The van der Waals surface area contributed by atoms with Gasteiger partial charge in [0, 0.05) is 31.8 Å². The topological polar surface area (TPSA) is 115 Å².